The van der Waals surface area contributed by atoms with Gasteiger partial charge in [-0.05, 0) is 36.5 Å². The summed E-state index contributed by atoms with van der Waals surface area (Å²) < 4.78 is 27.3. The summed E-state index contributed by atoms with van der Waals surface area (Å²) in [6, 6.07) is 5.19. The molecule has 0 atom stereocenters. The minimum absolute atomic E-state index is 0.0810. The Morgan fingerprint density at radius 3 is 2.61 bits per heavy atom. The van der Waals surface area contributed by atoms with Crippen molar-refractivity contribution in [2.24, 2.45) is 0 Å². The molecular weight excluding hydrogens is 250 g/mol. The number of sulfonamides is 1. The minimum atomic E-state index is -3.46. The highest BCUT2D eigenvalue weighted by molar-refractivity contribution is 7.89. The number of aliphatic hydroxyl groups is 1. The lowest BCUT2D eigenvalue weighted by molar-refractivity contribution is 0.281. The van der Waals surface area contributed by atoms with Crippen LogP contribution < -0.4 is 4.72 Å². The number of benzene rings is 1. The van der Waals surface area contributed by atoms with E-state index in [-0.39, 0.29) is 12.6 Å². The van der Waals surface area contributed by atoms with Crippen molar-refractivity contribution < 1.29 is 13.5 Å². The zero-order valence-corrected chi connectivity index (χ0v) is 11.3. The predicted octanol–water partition coefficient (Wildman–Crippen LogP) is 1.57. The van der Waals surface area contributed by atoms with Crippen LogP contribution in [0, 0.1) is 0 Å². The van der Waals surface area contributed by atoms with E-state index in [4.69, 9.17) is 5.11 Å². The summed E-state index contributed by atoms with van der Waals surface area (Å²) in [4.78, 5) is 0.309. The molecule has 0 amide bonds. The second-order valence-electron chi connectivity index (χ2n) is 4.70. The molecule has 1 fully saturated rings. The Labute approximate surface area is 108 Å². The Bertz CT molecular complexity index is 521. The first-order valence-electron chi connectivity index (χ1n) is 6.32. The Hall–Kier alpha value is -0.910. The van der Waals surface area contributed by atoms with Gasteiger partial charge in [0.1, 0.15) is 0 Å². The van der Waals surface area contributed by atoms with E-state index in [1.165, 1.54) is 0 Å². The summed E-state index contributed by atoms with van der Waals surface area (Å²) in [7, 11) is -3.46. The van der Waals surface area contributed by atoms with E-state index in [1.807, 2.05) is 6.92 Å². The van der Waals surface area contributed by atoms with Gasteiger partial charge in [-0.25, -0.2) is 13.1 Å². The number of nitrogens with one attached hydrogen (secondary N) is 1. The van der Waals surface area contributed by atoms with Crippen LogP contribution >= 0.6 is 0 Å². The van der Waals surface area contributed by atoms with Gasteiger partial charge in [0.15, 0.2) is 0 Å². The third-order valence-corrected chi connectivity index (χ3v) is 5.01. The van der Waals surface area contributed by atoms with E-state index in [0.29, 0.717) is 16.9 Å². The van der Waals surface area contributed by atoms with Crippen LogP contribution in [0.25, 0.3) is 0 Å². The van der Waals surface area contributed by atoms with Crippen molar-refractivity contribution in [1.29, 1.82) is 0 Å². The molecule has 1 aliphatic rings. The highest BCUT2D eigenvalue weighted by atomic mass is 32.2. The van der Waals surface area contributed by atoms with Gasteiger partial charge in [0.25, 0.3) is 0 Å². The standard InChI is InChI=1S/C13H19NO3S/c1-2-11-7-6-10(9-15)8-13(11)18(16,17)14-12-4-3-5-12/h6-8,12,14-15H,2-5,9H2,1H3. The molecule has 18 heavy (non-hydrogen) atoms. The number of rotatable bonds is 5. The van der Waals surface area contributed by atoms with Gasteiger partial charge in [0.2, 0.25) is 10.0 Å². The summed E-state index contributed by atoms with van der Waals surface area (Å²) >= 11 is 0. The van der Waals surface area contributed by atoms with Crippen molar-refractivity contribution in [3.8, 4) is 0 Å². The van der Waals surface area contributed by atoms with Gasteiger partial charge < -0.3 is 5.11 Å². The molecule has 1 aliphatic carbocycles. The Balaban J connectivity index is 2.34. The number of aryl methyl sites for hydroxylation is 1. The monoisotopic (exact) mass is 269 g/mol. The molecule has 0 aliphatic heterocycles. The molecule has 0 aromatic heterocycles. The molecule has 2 rings (SSSR count). The van der Waals surface area contributed by atoms with E-state index in [1.54, 1.807) is 18.2 Å². The number of hydrogen-bond acceptors (Lipinski definition) is 3. The van der Waals surface area contributed by atoms with Gasteiger partial charge >= 0.3 is 0 Å². The van der Waals surface area contributed by atoms with Crippen LogP contribution in [0.5, 0.6) is 0 Å². The van der Waals surface area contributed by atoms with Gasteiger partial charge in [-0.3, -0.25) is 0 Å². The molecule has 0 radical (unpaired) electrons. The van der Waals surface area contributed by atoms with Crippen molar-refractivity contribution in [2.75, 3.05) is 0 Å². The topological polar surface area (TPSA) is 66.4 Å². The Kier molecular flexibility index (Phi) is 4.04. The Morgan fingerprint density at radius 2 is 2.11 bits per heavy atom. The van der Waals surface area contributed by atoms with Crippen LogP contribution in [-0.2, 0) is 23.1 Å². The third kappa shape index (κ3) is 2.74. The van der Waals surface area contributed by atoms with Crippen molar-refractivity contribution in [2.45, 2.75) is 50.2 Å². The minimum Gasteiger partial charge on any atom is -0.392 e. The fourth-order valence-electron chi connectivity index (χ4n) is 2.05. The second-order valence-corrected chi connectivity index (χ2v) is 6.39. The van der Waals surface area contributed by atoms with Crippen LogP contribution in [0.3, 0.4) is 0 Å². The lowest BCUT2D eigenvalue weighted by atomic mass is 9.94. The lowest BCUT2D eigenvalue weighted by Gasteiger charge is -2.26. The lowest BCUT2D eigenvalue weighted by Crippen LogP contribution is -2.39. The van der Waals surface area contributed by atoms with Crippen LogP contribution in [0.15, 0.2) is 23.1 Å². The maximum Gasteiger partial charge on any atom is 0.241 e. The molecule has 1 aromatic rings. The van der Waals surface area contributed by atoms with Crippen LogP contribution in [-0.4, -0.2) is 19.6 Å². The summed E-state index contributed by atoms with van der Waals surface area (Å²) in [5.41, 5.74) is 1.42. The van der Waals surface area contributed by atoms with E-state index < -0.39 is 10.0 Å². The first kappa shape index (κ1) is 13.5. The fourth-order valence-corrected chi connectivity index (χ4v) is 3.71. The maximum absolute atomic E-state index is 12.3. The molecular formula is C13H19NO3S. The number of aliphatic hydroxyl groups excluding tert-OH is 1. The average molecular weight is 269 g/mol. The van der Waals surface area contributed by atoms with E-state index in [2.05, 4.69) is 4.72 Å². The highest BCUT2D eigenvalue weighted by Crippen LogP contribution is 2.23. The van der Waals surface area contributed by atoms with Crippen molar-refractivity contribution >= 4 is 10.0 Å². The molecule has 0 saturated heterocycles. The van der Waals surface area contributed by atoms with E-state index in [0.717, 1.165) is 24.8 Å². The molecule has 1 saturated carbocycles. The zero-order valence-electron chi connectivity index (χ0n) is 10.5. The van der Waals surface area contributed by atoms with Gasteiger partial charge in [-0.2, -0.15) is 0 Å². The van der Waals surface area contributed by atoms with Crippen LogP contribution in [0.2, 0.25) is 0 Å². The summed E-state index contributed by atoms with van der Waals surface area (Å²) in [6.07, 6.45) is 3.58. The maximum atomic E-state index is 12.3. The fraction of sp³-hybridized carbons (Fsp3) is 0.538. The van der Waals surface area contributed by atoms with Gasteiger partial charge in [0, 0.05) is 6.04 Å². The smallest absolute Gasteiger partial charge is 0.241 e. The van der Waals surface area contributed by atoms with Crippen molar-refractivity contribution in [3.63, 3.8) is 0 Å². The van der Waals surface area contributed by atoms with Crippen molar-refractivity contribution in [3.05, 3.63) is 29.3 Å². The third-order valence-electron chi connectivity index (χ3n) is 3.41. The molecule has 4 nitrogen and oxygen atoms in total. The van der Waals surface area contributed by atoms with Gasteiger partial charge in [-0.15, -0.1) is 0 Å². The van der Waals surface area contributed by atoms with Crippen LogP contribution in [0.1, 0.15) is 37.3 Å². The van der Waals surface area contributed by atoms with Crippen molar-refractivity contribution in [1.82, 2.24) is 4.72 Å². The quantitative estimate of drug-likeness (QED) is 0.852. The Morgan fingerprint density at radius 1 is 1.39 bits per heavy atom. The molecule has 2 N–H and O–H groups in total. The first-order chi connectivity index (χ1) is 8.56. The molecule has 100 valence electrons. The molecule has 0 spiro atoms. The summed E-state index contributed by atoms with van der Waals surface area (Å²) in [5, 5.41) is 9.12. The van der Waals surface area contributed by atoms with E-state index in [9.17, 15) is 8.42 Å². The van der Waals surface area contributed by atoms with Gasteiger partial charge in [-0.1, -0.05) is 25.5 Å². The van der Waals surface area contributed by atoms with Crippen LogP contribution in [0.4, 0.5) is 0 Å². The number of hydrogen-bond donors (Lipinski definition) is 2. The predicted molar refractivity (Wildman–Crippen MR) is 69.7 cm³/mol. The molecule has 0 unspecified atom stereocenters. The normalized spacial score (nSPS) is 16.6. The molecule has 1 aromatic carbocycles. The van der Waals surface area contributed by atoms with Gasteiger partial charge in [0.05, 0.1) is 11.5 Å². The second kappa shape index (κ2) is 5.38. The zero-order chi connectivity index (χ0) is 13.2. The van der Waals surface area contributed by atoms with E-state index >= 15 is 0 Å². The molecule has 5 heteroatoms. The highest BCUT2D eigenvalue weighted by Gasteiger charge is 2.26. The largest absolute Gasteiger partial charge is 0.392 e. The average Bonchev–Trinajstić information content (AvgIpc) is 2.33. The summed E-state index contributed by atoms with van der Waals surface area (Å²) in [6.45, 7) is 1.78. The SMILES string of the molecule is CCc1ccc(CO)cc1S(=O)(=O)NC1CCC1. The molecule has 0 bridgehead atoms. The molecule has 0 heterocycles. The first-order valence-corrected chi connectivity index (χ1v) is 7.80. The summed E-state index contributed by atoms with van der Waals surface area (Å²) in [5.74, 6) is 0.